The number of likely N-dealkylation sites (tertiary alicyclic amines) is 1. The van der Waals surface area contributed by atoms with E-state index in [2.05, 4.69) is 36.2 Å². The second kappa shape index (κ2) is 8.68. The normalized spacial score (nSPS) is 17.5. The van der Waals surface area contributed by atoms with Gasteiger partial charge in [-0.15, -0.1) is 0 Å². The maximum atomic E-state index is 12.3. The Labute approximate surface area is 189 Å². The Kier molecular flexibility index (Phi) is 6.11. The van der Waals surface area contributed by atoms with Gasteiger partial charge in [0, 0.05) is 44.5 Å². The van der Waals surface area contributed by atoms with Gasteiger partial charge in [-0.2, -0.15) is 14.6 Å². The van der Waals surface area contributed by atoms with Crippen LogP contribution in [0.4, 0.5) is 11.5 Å². The standard InChI is InChI=1S/C22H30N6O3S/c1-15(2)19-13-23-28-20(12-21(25-22(19)28)31-17-10-11-27(5)14-17)24-16-6-8-18(9-7-16)32(29,30)26(3)4/h6-9,12-13,15,17,24H,10-11,14H2,1-5H3. The van der Waals surface area contributed by atoms with E-state index < -0.39 is 10.0 Å². The van der Waals surface area contributed by atoms with E-state index in [1.165, 1.54) is 18.4 Å². The largest absolute Gasteiger partial charge is 0.473 e. The van der Waals surface area contributed by atoms with Crippen LogP contribution >= 0.6 is 0 Å². The topological polar surface area (TPSA) is 92.1 Å². The van der Waals surface area contributed by atoms with Crippen molar-refractivity contribution in [1.29, 1.82) is 0 Å². The molecule has 32 heavy (non-hydrogen) atoms. The molecule has 4 rings (SSSR count). The maximum Gasteiger partial charge on any atom is 0.242 e. The van der Waals surface area contributed by atoms with Gasteiger partial charge < -0.3 is 15.0 Å². The fourth-order valence-electron chi connectivity index (χ4n) is 3.74. The molecule has 1 fully saturated rings. The number of hydrogen-bond acceptors (Lipinski definition) is 7. The highest BCUT2D eigenvalue weighted by molar-refractivity contribution is 7.89. The Morgan fingerprint density at radius 3 is 2.53 bits per heavy atom. The number of nitrogens with zero attached hydrogens (tertiary/aromatic N) is 5. The van der Waals surface area contributed by atoms with Crippen molar-refractivity contribution in [3.05, 3.63) is 42.1 Å². The van der Waals surface area contributed by atoms with Crippen molar-refractivity contribution in [2.75, 3.05) is 39.5 Å². The van der Waals surface area contributed by atoms with Gasteiger partial charge in [-0.25, -0.2) is 12.7 Å². The quantitative estimate of drug-likeness (QED) is 0.582. The molecule has 1 aliphatic rings. The summed E-state index contributed by atoms with van der Waals surface area (Å²) in [6, 6.07) is 8.49. The number of likely N-dealkylation sites (N-methyl/N-ethyl adjacent to an activating group) is 1. The van der Waals surface area contributed by atoms with Gasteiger partial charge in [-0.1, -0.05) is 13.8 Å². The summed E-state index contributed by atoms with van der Waals surface area (Å²) in [5.74, 6) is 1.51. The number of anilines is 2. The first kappa shape index (κ1) is 22.5. The molecule has 1 saturated heterocycles. The van der Waals surface area contributed by atoms with E-state index in [0.29, 0.717) is 11.7 Å². The third-order valence-corrected chi connectivity index (χ3v) is 7.47. The van der Waals surface area contributed by atoms with E-state index >= 15 is 0 Å². The lowest BCUT2D eigenvalue weighted by molar-refractivity contribution is 0.200. The van der Waals surface area contributed by atoms with Gasteiger partial charge in [0.2, 0.25) is 15.9 Å². The molecule has 3 heterocycles. The highest BCUT2D eigenvalue weighted by Crippen LogP contribution is 2.28. The minimum Gasteiger partial charge on any atom is -0.473 e. The number of aromatic nitrogens is 3. The van der Waals surface area contributed by atoms with Crippen LogP contribution in [0, 0.1) is 0 Å². The van der Waals surface area contributed by atoms with Gasteiger partial charge >= 0.3 is 0 Å². The summed E-state index contributed by atoms with van der Waals surface area (Å²) >= 11 is 0. The van der Waals surface area contributed by atoms with Crippen molar-refractivity contribution in [2.45, 2.75) is 37.2 Å². The molecule has 0 amide bonds. The minimum absolute atomic E-state index is 0.101. The second-order valence-electron chi connectivity index (χ2n) is 8.70. The van der Waals surface area contributed by atoms with E-state index in [4.69, 9.17) is 9.72 Å². The van der Waals surface area contributed by atoms with E-state index in [9.17, 15) is 8.42 Å². The van der Waals surface area contributed by atoms with Crippen LogP contribution in [0.5, 0.6) is 5.88 Å². The zero-order valence-electron chi connectivity index (χ0n) is 19.1. The molecule has 0 spiro atoms. The first-order valence-electron chi connectivity index (χ1n) is 10.7. The molecule has 3 aromatic rings. The third-order valence-electron chi connectivity index (χ3n) is 5.64. The maximum absolute atomic E-state index is 12.3. The molecule has 1 atom stereocenters. The Morgan fingerprint density at radius 1 is 1.22 bits per heavy atom. The summed E-state index contributed by atoms with van der Waals surface area (Å²) in [4.78, 5) is 7.23. The fraction of sp³-hybridized carbons (Fsp3) is 0.455. The highest BCUT2D eigenvalue weighted by atomic mass is 32.2. The molecular formula is C22H30N6O3S. The summed E-state index contributed by atoms with van der Waals surface area (Å²) in [7, 11) is 1.64. The van der Waals surface area contributed by atoms with Gasteiger partial charge in [0.05, 0.1) is 11.1 Å². The minimum atomic E-state index is -3.48. The zero-order chi connectivity index (χ0) is 23.0. The molecule has 1 aliphatic heterocycles. The number of rotatable bonds is 7. The van der Waals surface area contributed by atoms with Crippen molar-refractivity contribution in [1.82, 2.24) is 23.8 Å². The van der Waals surface area contributed by atoms with Crippen molar-refractivity contribution in [3.8, 4) is 5.88 Å². The zero-order valence-corrected chi connectivity index (χ0v) is 19.9. The molecule has 0 bridgehead atoms. The van der Waals surface area contributed by atoms with Crippen LogP contribution in [0.2, 0.25) is 0 Å². The lowest BCUT2D eigenvalue weighted by Crippen LogP contribution is -2.22. The average molecular weight is 459 g/mol. The van der Waals surface area contributed by atoms with Crippen LogP contribution in [0.3, 0.4) is 0 Å². The van der Waals surface area contributed by atoms with Crippen molar-refractivity contribution < 1.29 is 13.2 Å². The molecule has 0 saturated carbocycles. The van der Waals surface area contributed by atoms with Gasteiger partial charge in [-0.3, -0.25) is 0 Å². The number of ether oxygens (including phenoxy) is 1. The second-order valence-corrected chi connectivity index (χ2v) is 10.8. The first-order valence-corrected chi connectivity index (χ1v) is 12.1. The molecule has 172 valence electrons. The molecular weight excluding hydrogens is 428 g/mol. The van der Waals surface area contributed by atoms with Crippen molar-refractivity contribution in [2.24, 2.45) is 0 Å². The molecule has 2 aromatic heterocycles. The first-order chi connectivity index (χ1) is 15.1. The number of sulfonamides is 1. The van der Waals surface area contributed by atoms with Gasteiger partial charge in [0.1, 0.15) is 11.9 Å². The fourth-order valence-corrected chi connectivity index (χ4v) is 4.65. The smallest absolute Gasteiger partial charge is 0.242 e. The van der Waals surface area contributed by atoms with E-state index in [-0.39, 0.29) is 16.9 Å². The van der Waals surface area contributed by atoms with Crippen LogP contribution < -0.4 is 10.1 Å². The third kappa shape index (κ3) is 4.43. The Hall–Kier alpha value is -2.69. The number of hydrogen-bond donors (Lipinski definition) is 1. The van der Waals surface area contributed by atoms with Crippen LogP contribution in [0.25, 0.3) is 5.65 Å². The van der Waals surface area contributed by atoms with E-state index in [0.717, 1.165) is 36.4 Å². The van der Waals surface area contributed by atoms with Gasteiger partial charge in [-0.05, 0) is 43.7 Å². The monoisotopic (exact) mass is 458 g/mol. The predicted octanol–water partition coefficient (Wildman–Crippen LogP) is 2.93. The Balaban J connectivity index is 1.68. The lowest BCUT2D eigenvalue weighted by atomic mass is 10.1. The van der Waals surface area contributed by atoms with Gasteiger partial charge in [0.25, 0.3) is 0 Å². The van der Waals surface area contributed by atoms with Crippen molar-refractivity contribution >= 4 is 27.2 Å². The Bertz CT molecular complexity index is 1200. The molecule has 1 N–H and O–H groups in total. The number of benzene rings is 1. The molecule has 9 nitrogen and oxygen atoms in total. The predicted molar refractivity (Wildman–Crippen MR) is 124 cm³/mol. The van der Waals surface area contributed by atoms with Crippen LogP contribution in [0.1, 0.15) is 31.7 Å². The van der Waals surface area contributed by atoms with Crippen molar-refractivity contribution in [3.63, 3.8) is 0 Å². The average Bonchev–Trinajstić information content (AvgIpc) is 3.34. The summed E-state index contributed by atoms with van der Waals surface area (Å²) in [6.45, 7) is 6.09. The highest BCUT2D eigenvalue weighted by Gasteiger charge is 2.23. The SMILES string of the molecule is CC(C)c1cnn2c(Nc3ccc(S(=O)(=O)N(C)C)cc3)cc(OC3CCN(C)C3)nc12. The summed E-state index contributed by atoms with van der Waals surface area (Å²) < 4.78 is 33.8. The Morgan fingerprint density at radius 2 is 1.94 bits per heavy atom. The number of nitrogens with one attached hydrogen (secondary N) is 1. The van der Waals surface area contributed by atoms with Crippen LogP contribution in [-0.4, -0.2) is 72.6 Å². The molecule has 1 aromatic carbocycles. The molecule has 10 heteroatoms. The summed E-state index contributed by atoms with van der Waals surface area (Å²) in [6.07, 6.45) is 2.89. The summed E-state index contributed by atoms with van der Waals surface area (Å²) in [5.41, 5.74) is 2.52. The summed E-state index contributed by atoms with van der Waals surface area (Å²) in [5, 5.41) is 7.87. The van der Waals surface area contributed by atoms with Crippen LogP contribution in [-0.2, 0) is 10.0 Å². The number of fused-ring (bicyclic) bond motifs is 1. The van der Waals surface area contributed by atoms with Crippen LogP contribution in [0.15, 0.2) is 41.4 Å². The van der Waals surface area contributed by atoms with E-state index in [1.807, 2.05) is 12.3 Å². The lowest BCUT2D eigenvalue weighted by Gasteiger charge is -2.16. The van der Waals surface area contributed by atoms with Gasteiger partial charge in [0.15, 0.2) is 5.65 Å². The van der Waals surface area contributed by atoms with E-state index in [1.54, 1.807) is 28.8 Å². The molecule has 0 aliphatic carbocycles. The molecule has 1 unspecified atom stereocenters. The molecule has 0 radical (unpaired) electrons.